The normalized spacial score (nSPS) is 10.9. The molecule has 1 amide bonds. The molecule has 1 aromatic heterocycles. The molecule has 27 heavy (non-hydrogen) atoms. The summed E-state index contributed by atoms with van der Waals surface area (Å²) < 4.78 is 10.2. The number of carbonyl (C=O) groups is 2. The average Bonchev–Trinajstić information content (AvgIpc) is 2.93. The third kappa shape index (κ3) is 5.85. The first-order valence-electron chi connectivity index (χ1n) is 8.84. The van der Waals surface area contributed by atoms with E-state index in [4.69, 9.17) is 9.26 Å². The monoisotopic (exact) mass is 390 g/mol. The fraction of sp³-hybridized carbons (Fsp3) is 0.450. The van der Waals surface area contributed by atoms with Crippen molar-refractivity contribution in [2.75, 3.05) is 17.7 Å². The zero-order valence-corrected chi connectivity index (χ0v) is 17.2. The molecule has 0 radical (unpaired) electrons. The van der Waals surface area contributed by atoms with E-state index in [0.717, 1.165) is 33.8 Å². The molecule has 0 saturated heterocycles. The summed E-state index contributed by atoms with van der Waals surface area (Å²) in [6.07, 6.45) is 0. The number of amides is 1. The molecule has 0 atom stereocenters. The Bertz CT molecular complexity index is 795. The van der Waals surface area contributed by atoms with Gasteiger partial charge in [0.05, 0.1) is 11.4 Å². The molecule has 1 heterocycles. The molecule has 6 nitrogen and oxygen atoms in total. The summed E-state index contributed by atoms with van der Waals surface area (Å²) in [5, 5.41) is 6.75. The molecule has 0 spiro atoms. The number of nitrogens with one attached hydrogen (secondary N) is 1. The molecule has 0 fully saturated rings. The van der Waals surface area contributed by atoms with Gasteiger partial charge in [0.2, 0.25) is 0 Å². The fourth-order valence-electron chi connectivity index (χ4n) is 2.65. The van der Waals surface area contributed by atoms with Crippen LogP contribution in [0.15, 0.2) is 22.7 Å². The average molecular weight is 391 g/mol. The molecule has 2 aromatic rings. The predicted molar refractivity (Wildman–Crippen MR) is 107 cm³/mol. The Labute approximate surface area is 164 Å². The second-order valence-corrected chi connectivity index (χ2v) is 7.68. The highest BCUT2D eigenvalue weighted by atomic mass is 32.2. The number of hydrogen-bond acceptors (Lipinski definition) is 6. The molecule has 0 saturated carbocycles. The summed E-state index contributed by atoms with van der Waals surface area (Å²) in [5.41, 5.74) is 4.65. The van der Waals surface area contributed by atoms with Gasteiger partial charge in [-0.3, -0.25) is 9.59 Å². The summed E-state index contributed by atoms with van der Waals surface area (Å²) in [7, 11) is 0. The number of hydrogen-bond donors (Lipinski definition) is 1. The molecular weight excluding hydrogens is 364 g/mol. The van der Waals surface area contributed by atoms with Crippen molar-refractivity contribution in [3.05, 3.63) is 46.3 Å². The quantitative estimate of drug-likeness (QED) is 0.682. The van der Waals surface area contributed by atoms with Crippen LogP contribution in [0.1, 0.15) is 47.9 Å². The van der Waals surface area contributed by atoms with Crippen LogP contribution in [0.5, 0.6) is 0 Å². The molecule has 0 aliphatic rings. The van der Waals surface area contributed by atoms with Crippen molar-refractivity contribution in [3.63, 3.8) is 0 Å². The van der Waals surface area contributed by atoms with Crippen LogP contribution in [0.3, 0.4) is 0 Å². The molecule has 0 aliphatic heterocycles. The number of esters is 1. The van der Waals surface area contributed by atoms with Crippen molar-refractivity contribution in [2.24, 2.45) is 0 Å². The Kier molecular flexibility index (Phi) is 7.47. The van der Waals surface area contributed by atoms with Gasteiger partial charge in [-0.1, -0.05) is 37.2 Å². The van der Waals surface area contributed by atoms with E-state index in [-0.39, 0.29) is 24.2 Å². The maximum absolute atomic E-state index is 12.2. The minimum Gasteiger partial charge on any atom is -0.455 e. The Balaban J connectivity index is 1.80. The molecule has 1 aromatic carbocycles. The molecule has 0 bridgehead atoms. The van der Waals surface area contributed by atoms with E-state index in [9.17, 15) is 9.59 Å². The Morgan fingerprint density at radius 2 is 2.00 bits per heavy atom. The third-order valence-corrected chi connectivity index (χ3v) is 5.14. The fourth-order valence-corrected chi connectivity index (χ4v) is 3.62. The highest BCUT2D eigenvalue weighted by molar-refractivity contribution is 7.99. The molecular formula is C20H26N2O4S. The number of rotatable bonds is 8. The minimum atomic E-state index is -0.421. The van der Waals surface area contributed by atoms with Crippen molar-refractivity contribution in [1.29, 1.82) is 0 Å². The van der Waals surface area contributed by atoms with Crippen molar-refractivity contribution in [2.45, 2.75) is 46.3 Å². The maximum Gasteiger partial charge on any atom is 0.316 e. The van der Waals surface area contributed by atoms with Gasteiger partial charge in [-0.15, -0.1) is 11.8 Å². The molecule has 1 N–H and O–H groups in total. The highest BCUT2D eigenvalue weighted by Crippen LogP contribution is 2.27. The molecule has 7 heteroatoms. The van der Waals surface area contributed by atoms with Crippen LogP contribution < -0.4 is 5.32 Å². The third-order valence-electron chi connectivity index (χ3n) is 4.20. The minimum absolute atomic E-state index is 0.166. The number of aryl methyl sites for hydroxylation is 3. The van der Waals surface area contributed by atoms with E-state index in [0.29, 0.717) is 5.75 Å². The van der Waals surface area contributed by atoms with Gasteiger partial charge in [0.25, 0.3) is 5.91 Å². The topological polar surface area (TPSA) is 81.4 Å². The van der Waals surface area contributed by atoms with Gasteiger partial charge in [0, 0.05) is 17.0 Å². The zero-order valence-electron chi connectivity index (χ0n) is 16.4. The van der Waals surface area contributed by atoms with Crippen LogP contribution >= 0.6 is 11.8 Å². The summed E-state index contributed by atoms with van der Waals surface area (Å²) in [5.74, 6) is 1.06. The first-order valence-corrected chi connectivity index (χ1v) is 9.99. The second kappa shape index (κ2) is 9.60. The first kappa shape index (κ1) is 21.0. The lowest BCUT2D eigenvalue weighted by atomic mass is 9.98. The number of anilines is 1. The lowest BCUT2D eigenvalue weighted by Crippen LogP contribution is -2.23. The van der Waals surface area contributed by atoms with Crippen LogP contribution in [0.25, 0.3) is 0 Å². The largest absolute Gasteiger partial charge is 0.455 e. The number of nitrogens with zero attached hydrogens (tertiary/aromatic N) is 1. The summed E-state index contributed by atoms with van der Waals surface area (Å²) in [6, 6.07) is 5.90. The molecule has 146 valence electrons. The van der Waals surface area contributed by atoms with Crippen molar-refractivity contribution >= 4 is 29.3 Å². The van der Waals surface area contributed by atoms with Crippen LogP contribution in [0.4, 0.5) is 5.69 Å². The highest BCUT2D eigenvalue weighted by Gasteiger charge is 2.14. The Hall–Kier alpha value is -2.28. The number of ether oxygens (including phenoxy) is 1. The number of thioether (sulfide) groups is 1. The summed E-state index contributed by atoms with van der Waals surface area (Å²) in [4.78, 5) is 24.1. The van der Waals surface area contributed by atoms with Gasteiger partial charge in [0.1, 0.15) is 5.76 Å². The van der Waals surface area contributed by atoms with Crippen LogP contribution in [-0.4, -0.2) is 29.4 Å². The van der Waals surface area contributed by atoms with Gasteiger partial charge in [-0.05, 0) is 37.8 Å². The molecule has 2 rings (SSSR count). The van der Waals surface area contributed by atoms with Gasteiger partial charge >= 0.3 is 5.97 Å². The standard InChI is InChI=1S/C20H26N2O4S/c1-12(2)16-8-6-7-13(3)20(16)21-18(23)9-25-19(24)11-27-10-17-14(4)22-26-15(17)5/h6-8,12H,9-11H2,1-5H3,(H,21,23). The van der Waals surface area contributed by atoms with E-state index >= 15 is 0 Å². The van der Waals surface area contributed by atoms with E-state index in [1.54, 1.807) is 0 Å². The lowest BCUT2D eigenvalue weighted by Gasteiger charge is -2.16. The van der Waals surface area contributed by atoms with Crippen molar-refractivity contribution in [3.8, 4) is 0 Å². The van der Waals surface area contributed by atoms with Crippen molar-refractivity contribution in [1.82, 2.24) is 5.16 Å². The van der Waals surface area contributed by atoms with E-state index in [1.807, 2.05) is 39.0 Å². The van der Waals surface area contributed by atoms with Crippen LogP contribution in [-0.2, 0) is 20.1 Å². The summed E-state index contributed by atoms with van der Waals surface area (Å²) in [6.45, 7) is 9.50. The molecule has 0 aliphatic carbocycles. The van der Waals surface area contributed by atoms with Gasteiger partial charge in [-0.2, -0.15) is 0 Å². The SMILES string of the molecule is Cc1cccc(C(C)C)c1NC(=O)COC(=O)CSCc1c(C)noc1C. The summed E-state index contributed by atoms with van der Waals surface area (Å²) >= 11 is 1.41. The Morgan fingerprint density at radius 1 is 1.26 bits per heavy atom. The number of benzene rings is 1. The second-order valence-electron chi connectivity index (χ2n) is 6.70. The lowest BCUT2D eigenvalue weighted by molar-refractivity contribution is -0.144. The smallest absolute Gasteiger partial charge is 0.316 e. The van der Waals surface area contributed by atoms with Gasteiger partial charge in [0.15, 0.2) is 6.61 Å². The van der Waals surface area contributed by atoms with Gasteiger partial charge in [-0.25, -0.2) is 0 Å². The van der Waals surface area contributed by atoms with E-state index in [2.05, 4.69) is 24.3 Å². The van der Waals surface area contributed by atoms with Crippen LogP contribution in [0, 0.1) is 20.8 Å². The van der Waals surface area contributed by atoms with E-state index < -0.39 is 5.97 Å². The van der Waals surface area contributed by atoms with Gasteiger partial charge < -0.3 is 14.6 Å². The number of para-hydroxylation sites is 1. The number of aromatic nitrogens is 1. The van der Waals surface area contributed by atoms with Crippen LogP contribution in [0.2, 0.25) is 0 Å². The van der Waals surface area contributed by atoms with E-state index in [1.165, 1.54) is 11.8 Å². The van der Waals surface area contributed by atoms with Crippen molar-refractivity contribution < 1.29 is 18.8 Å². The molecule has 0 unspecified atom stereocenters. The Morgan fingerprint density at radius 3 is 2.63 bits per heavy atom. The zero-order chi connectivity index (χ0) is 20.0. The number of carbonyl (C=O) groups excluding carboxylic acids is 2. The first-order chi connectivity index (χ1) is 12.8. The predicted octanol–water partition coefficient (Wildman–Crippen LogP) is 4.14. The maximum atomic E-state index is 12.2.